The normalized spacial score (nSPS) is 11.2. The monoisotopic (exact) mass is 403 g/mol. The fourth-order valence-electron chi connectivity index (χ4n) is 3.37. The van der Waals surface area contributed by atoms with Crippen LogP contribution in [0.2, 0.25) is 0 Å². The van der Waals surface area contributed by atoms with Crippen LogP contribution in [0.1, 0.15) is 37.5 Å². The highest BCUT2D eigenvalue weighted by atomic mass is 32.1. The van der Waals surface area contributed by atoms with Crippen molar-refractivity contribution in [1.82, 2.24) is 9.36 Å². The molecule has 0 aliphatic carbocycles. The molecule has 0 unspecified atom stereocenters. The first-order valence-electron chi connectivity index (χ1n) is 9.73. The Morgan fingerprint density at radius 3 is 2.76 bits per heavy atom. The second-order valence-electron chi connectivity index (χ2n) is 7.24. The zero-order valence-electron chi connectivity index (χ0n) is 17.3. The van der Waals surface area contributed by atoms with Crippen LogP contribution in [0.4, 0.5) is 5.69 Å². The van der Waals surface area contributed by atoms with Gasteiger partial charge in [-0.15, -0.1) is 0 Å². The van der Waals surface area contributed by atoms with Gasteiger partial charge in [0.25, 0.3) is 0 Å². The molecular formula is C24H25N3OS. The van der Waals surface area contributed by atoms with Crippen molar-refractivity contribution in [3.63, 3.8) is 0 Å². The lowest BCUT2D eigenvalue weighted by molar-refractivity contribution is 0.341. The molecule has 0 N–H and O–H groups in total. The number of rotatable bonds is 7. The van der Waals surface area contributed by atoms with Gasteiger partial charge in [0.2, 0.25) is 0 Å². The van der Waals surface area contributed by atoms with E-state index < -0.39 is 0 Å². The van der Waals surface area contributed by atoms with Crippen LogP contribution in [0.25, 0.3) is 32.9 Å². The van der Waals surface area contributed by atoms with Crippen molar-refractivity contribution >= 4 is 23.3 Å². The summed E-state index contributed by atoms with van der Waals surface area (Å²) in [4.78, 5) is 8.53. The summed E-state index contributed by atoms with van der Waals surface area (Å²) in [5.41, 5.74) is 6.08. The van der Waals surface area contributed by atoms with E-state index in [0.29, 0.717) is 11.6 Å². The van der Waals surface area contributed by atoms with E-state index >= 15 is 0 Å². The molecule has 0 atom stereocenters. The summed E-state index contributed by atoms with van der Waals surface area (Å²) in [7, 11) is 1.64. The minimum absolute atomic E-state index is 0.515. The molecule has 0 spiro atoms. The maximum Gasteiger partial charge on any atom is 0.191 e. The molecule has 0 bridgehead atoms. The molecule has 0 saturated heterocycles. The van der Waals surface area contributed by atoms with Gasteiger partial charge in [-0.25, -0.2) is 9.83 Å². The molecule has 148 valence electrons. The molecule has 29 heavy (non-hydrogen) atoms. The number of aromatic nitrogens is 2. The average molecular weight is 404 g/mol. The Hall–Kier alpha value is -2.97. The van der Waals surface area contributed by atoms with Crippen molar-refractivity contribution in [2.24, 2.45) is 5.92 Å². The second kappa shape index (κ2) is 9.49. The fraction of sp³-hybridized carbons (Fsp3) is 0.292. The number of benzene rings is 2. The van der Waals surface area contributed by atoms with E-state index in [-0.39, 0.29) is 0 Å². The highest BCUT2D eigenvalue weighted by Crippen LogP contribution is 2.33. The Morgan fingerprint density at radius 1 is 1.24 bits per heavy atom. The van der Waals surface area contributed by atoms with E-state index in [1.54, 1.807) is 13.4 Å². The third kappa shape index (κ3) is 4.72. The number of hydrogen-bond acceptors (Lipinski definition) is 4. The highest BCUT2D eigenvalue weighted by Gasteiger charge is 2.15. The molecule has 3 aromatic rings. The molecule has 5 heteroatoms. The molecule has 0 fully saturated rings. The molecule has 1 aromatic heterocycles. The van der Waals surface area contributed by atoms with Gasteiger partial charge < -0.3 is 4.74 Å². The lowest BCUT2D eigenvalue weighted by Crippen LogP contribution is -1.94. The van der Waals surface area contributed by atoms with Gasteiger partial charge in [-0.2, -0.15) is 4.37 Å². The molecule has 0 amide bonds. The first-order chi connectivity index (χ1) is 14.1. The molecule has 0 saturated carbocycles. The van der Waals surface area contributed by atoms with Gasteiger partial charge >= 0.3 is 0 Å². The average Bonchev–Trinajstić information content (AvgIpc) is 3.21. The van der Waals surface area contributed by atoms with Gasteiger partial charge in [0, 0.05) is 11.1 Å². The third-order valence-electron chi connectivity index (χ3n) is 4.70. The summed E-state index contributed by atoms with van der Waals surface area (Å²) in [5.74, 6) is 1.24. The minimum atomic E-state index is 0.515. The predicted molar refractivity (Wildman–Crippen MR) is 121 cm³/mol. The number of hydrogen-bond donors (Lipinski definition) is 0. The lowest BCUT2D eigenvalue weighted by Gasteiger charge is -2.09. The molecule has 2 aromatic carbocycles. The largest absolute Gasteiger partial charge is 0.504 e. The lowest BCUT2D eigenvalue weighted by atomic mass is 9.98. The van der Waals surface area contributed by atoms with Gasteiger partial charge in [-0.3, -0.25) is 0 Å². The molecule has 3 rings (SSSR count). The third-order valence-corrected chi connectivity index (χ3v) is 5.46. The molecule has 0 aliphatic heterocycles. The molecule has 0 radical (unpaired) electrons. The van der Waals surface area contributed by atoms with E-state index in [1.807, 2.05) is 18.2 Å². The molecule has 1 heterocycles. The van der Waals surface area contributed by atoms with Crippen LogP contribution in [0, 0.1) is 12.5 Å². The number of nitrogens with zero attached hydrogens (tertiary/aromatic N) is 3. The standard InChI is InChI=1S/C24H25N3OS/c1-6-20-17(12-13-28-5)8-7-9-21(20)23-26-24(29-27-23)19-11-10-18(14-16(2)3)22(15-19)25-4/h7-13,15-16H,6,14H2,1-3,5H3/b13-12+. The van der Waals surface area contributed by atoms with Crippen LogP contribution < -0.4 is 0 Å². The fourth-order valence-corrected chi connectivity index (χ4v) is 4.04. The van der Waals surface area contributed by atoms with Crippen LogP contribution >= 0.6 is 11.5 Å². The predicted octanol–water partition coefficient (Wildman–Crippen LogP) is 6.80. The molecular weight excluding hydrogens is 378 g/mol. The van der Waals surface area contributed by atoms with E-state index in [9.17, 15) is 0 Å². The van der Waals surface area contributed by atoms with Crippen molar-refractivity contribution in [2.75, 3.05) is 7.11 Å². The van der Waals surface area contributed by atoms with Gasteiger partial charge in [0.05, 0.1) is 19.9 Å². The SMILES string of the molecule is [C-]#[N+]c1cc(-c2nc(-c3cccc(/C=C/OC)c3CC)ns2)ccc1CC(C)C. The van der Waals surface area contributed by atoms with E-state index in [4.69, 9.17) is 16.3 Å². The summed E-state index contributed by atoms with van der Waals surface area (Å²) < 4.78 is 9.69. The van der Waals surface area contributed by atoms with E-state index in [2.05, 4.69) is 54.3 Å². The molecule has 0 aliphatic rings. The zero-order valence-corrected chi connectivity index (χ0v) is 18.1. The second-order valence-corrected chi connectivity index (χ2v) is 7.99. The summed E-state index contributed by atoms with van der Waals surface area (Å²) >= 11 is 1.37. The smallest absolute Gasteiger partial charge is 0.191 e. The van der Waals surface area contributed by atoms with E-state index in [1.165, 1.54) is 17.1 Å². The first kappa shape index (κ1) is 20.8. The van der Waals surface area contributed by atoms with E-state index in [0.717, 1.165) is 45.9 Å². The number of methoxy groups -OCH3 is 1. The Kier molecular flexibility index (Phi) is 6.79. The summed E-state index contributed by atoms with van der Waals surface area (Å²) in [6, 6.07) is 12.2. The highest BCUT2D eigenvalue weighted by molar-refractivity contribution is 7.09. The van der Waals surface area contributed by atoms with Crippen LogP contribution in [0.5, 0.6) is 0 Å². The Labute approximate surface area is 176 Å². The van der Waals surface area contributed by atoms with Crippen LogP contribution in [-0.4, -0.2) is 16.5 Å². The quantitative estimate of drug-likeness (QED) is 0.322. The van der Waals surface area contributed by atoms with Crippen molar-refractivity contribution in [3.8, 4) is 22.0 Å². The summed E-state index contributed by atoms with van der Waals surface area (Å²) in [5, 5.41) is 0.834. The van der Waals surface area contributed by atoms with Crippen molar-refractivity contribution in [1.29, 1.82) is 0 Å². The van der Waals surface area contributed by atoms with Crippen LogP contribution in [0.15, 0.2) is 42.7 Å². The minimum Gasteiger partial charge on any atom is -0.504 e. The summed E-state index contributed by atoms with van der Waals surface area (Å²) in [6.45, 7) is 14.0. The summed E-state index contributed by atoms with van der Waals surface area (Å²) in [6.07, 6.45) is 5.43. The maximum absolute atomic E-state index is 7.54. The van der Waals surface area contributed by atoms with Crippen molar-refractivity contribution < 1.29 is 4.74 Å². The van der Waals surface area contributed by atoms with Crippen LogP contribution in [0.3, 0.4) is 0 Å². The first-order valence-corrected chi connectivity index (χ1v) is 10.5. The van der Waals surface area contributed by atoms with Crippen molar-refractivity contribution in [3.05, 3.63) is 70.8 Å². The Bertz CT molecular complexity index is 1060. The van der Waals surface area contributed by atoms with Gasteiger partial charge in [-0.1, -0.05) is 51.1 Å². The van der Waals surface area contributed by atoms with Gasteiger partial charge in [0.1, 0.15) is 5.01 Å². The number of ether oxygens (including phenoxy) is 1. The van der Waals surface area contributed by atoms with Crippen LogP contribution in [-0.2, 0) is 17.6 Å². The maximum atomic E-state index is 7.54. The van der Waals surface area contributed by atoms with Gasteiger partial charge in [0.15, 0.2) is 11.5 Å². The van der Waals surface area contributed by atoms with Crippen molar-refractivity contribution in [2.45, 2.75) is 33.6 Å². The van der Waals surface area contributed by atoms with Gasteiger partial charge in [-0.05, 0) is 59.1 Å². The Balaban J connectivity index is 1.98. The topological polar surface area (TPSA) is 39.4 Å². The molecule has 4 nitrogen and oxygen atoms in total. The zero-order chi connectivity index (χ0) is 20.8. The Morgan fingerprint density at radius 2 is 2.07 bits per heavy atom.